The van der Waals surface area contributed by atoms with Crippen molar-refractivity contribution >= 4 is 41.5 Å². The minimum Gasteiger partial charge on any atom is -0.381 e. The van der Waals surface area contributed by atoms with Crippen LogP contribution in [0.2, 0.25) is 0 Å². The van der Waals surface area contributed by atoms with E-state index in [1.54, 1.807) is 0 Å². The number of anilines is 1. The summed E-state index contributed by atoms with van der Waals surface area (Å²) in [5.74, 6) is 1.62. The van der Waals surface area contributed by atoms with Crippen LogP contribution in [0, 0.1) is 5.92 Å². The molecule has 2 rings (SSSR count). The second-order valence-corrected chi connectivity index (χ2v) is 6.69. The van der Waals surface area contributed by atoms with Gasteiger partial charge < -0.3 is 20.7 Å². The van der Waals surface area contributed by atoms with Crippen LogP contribution in [0.15, 0.2) is 29.3 Å². The van der Waals surface area contributed by atoms with E-state index >= 15 is 0 Å². The predicted molar refractivity (Wildman–Crippen MR) is 122 cm³/mol. The molecule has 0 spiro atoms. The van der Waals surface area contributed by atoms with Crippen LogP contribution in [0.5, 0.6) is 0 Å². The summed E-state index contributed by atoms with van der Waals surface area (Å²) < 4.78 is 5.64. The third-order valence-electron chi connectivity index (χ3n) is 4.09. The van der Waals surface area contributed by atoms with Gasteiger partial charge in [-0.05, 0) is 56.2 Å². The molecular weight excluding hydrogens is 455 g/mol. The summed E-state index contributed by atoms with van der Waals surface area (Å²) in [6.45, 7) is 7.71. The minimum atomic E-state index is -0.0520. The van der Waals surface area contributed by atoms with Gasteiger partial charge in [-0.25, -0.2) is 0 Å². The highest BCUT2D eigenvalue weighted by Crippen LogP contribution is 2.28. The average molecular weight is 488 g/mol. The largest absolute Gasteiger partial charge is 0.381 e. The molecule has 0 radical (unpaired) electrons. The van der Waals surface area contributed by atoms with Crippen LogP contribution in [0.1, 0.15) is 38.7 Å². The van der Waals surface area contributed by atoms with Crippen LogP contribution in [0.4, 0.5) is 5.69 Å². The molecule has 27 heavy (non-hydrogen) atoms. The summed E-state index contributed by atoms with van der Waals surface area (Å²) in [5.41, 5.74) is 2.05. The first-order chi connectivity index (χ1) is 12.7. The highest BCUT2D eigenvalue weighted by atomic mass is 127. The number of aliphatic imine (C=N–C) groups is 1. The molecule has 0 saturated heterocycles. The number of hydrogen-bond acceptors (Lipinski definition) is 3. The summed E-state index contributed by atoms with van der Waals surface area (Å²) in [5, 5.41) is 9.41. The highest BCUT2D eigenvalue weighted by Gasteiger charge is 2.20. The van der Waals surface area contributed by atoms with Crippen LogP contribution in [0.25, 0.3) is 0 Å². The van der Waals surface area contributed by atoms with Crippen molar-refractivity contribution in [2.45, 2.75) is 39.5 Å². The van der Waals surface area contributed by atoms with Gasteiger partial charge in [0.2, 0.25) is 5.91 Å². The lowest BCUT2D eigenvalue weighted by Crippen LogP contribution is -2.38. The first-order valence-electron chi connectivity index (χ1n) is 9.64. The zero-order valence-electron chi connectivity index (χ0n) is 16.4. The predicted octanol–water partition coefficient (Wildman–Crippen LogP) is 3.18. The van der Waals surface area contributed by atoms with Gasteiger partial charge in [-0.1, -0.05) is 12.1 Å². The number of rotatable bonds is 11. The number of halogens is 1. The first-order valence-corrected chi connectivity index (χ1v) is 9.64. The Labute approximate surface area is 179 Å². The fourth-order valence-electron chi connectivity index (χ4n) is 2.52. The molecule has 0 unspecified atom stereocenters. The lowest BCUT2D eigenvalue weighted by molar-refractivity contribution is -0.114. The standard InChI is InChI=1S/C20H32N4O2.HI/c1-3-21-20(22-12-4-14-26-15-18-5-6-18)23-13-11-17-7-9-19(10-8-17)24-16(2)25;/h7-10,18H,3-6,11-15H2,1-2H3,(H,24,25)(H2,21,22,23);1H. The Morgan fingerprint density at radius 2 is 1.96 bits per heavy atom. The summed E-state index contributed by atoms with van der Waals surface area (Å²) in [6.07, 6.45) is 4.52. The molecule has 1 aromatic rings. The molecule has 0 atom stereocenters. The molecule has 0 heterocycles. The van der Waals surface area contributed by atoms with Crippen molar-refractivity contribution in [2.75, 3.05) is 38.2 Å². The van der Waals surface area contributed by atoms with Crippen molar-refractivity contribution in [3.8, 4) is 0 Å². The van der Waals surface area contributed by atoms with Gasteiger partial charge in [-0.15, -0.1) is 24.0 Å². The molecule has 0 bridgehead atoms. The zero-order valence-corrected chi connectivity index (χ0v) is 18.8. The minimum absolute atomic E-state index is 0. The van der Waals surface area contributed by atoms with Crippen LogP contribution in [-0.2, 0) is 16.0 Å². The van der Waals surface area contributed by atoms with Crippen molar-refractivity contribution in [3.05, 3.63) is 29.8 Å². The number of nitrogens with one attached hydrogen (secondary N) is 3. The second-order valence-electron chi connectivity index (χ2n) is 6.69. The second kappa shape index (κ2) is 13.8. The molecule has 1 aromatic carbocycles. The molecule has 1 amide bonds. The van der Waals surface area contributed by atoms with Gasteiger partial charge in [-0.3, -0.25) is 9.79 Å². The molecule has 0 aromatic heterocycles. The van der Waals surface area contributed by atoms with Crippen molar-refractivity contribution in [1.82, 2.24) is 10.6 Å². The first kappa shape index (κ1) is 23.7. The number of guanidine groups is 1. The molecule has 152 valence electrons. The van der Waals surface area contributed by atoms with Gasteiger partial charge in [0.1, 0.15) is 0 Å². The molecule has 1 aliphatic rings. The van der Waals surface area contributed by atoms with E-state index < -0.39 is 0 Å². The Hall–Kier alpha value is -1.35. The fraction of sp³-hybridized carbons (Fsp3) is 0.600. The van der Waals surface area contributed by atoms with Gasteiger partial charge in [0.05, 0.1) is 0 Å². The number of carbonyl (C=O) groups is 1. The van der Waals surface area contributed by atoms with Crippen molar-refractivity contribution in [2.24, 2.45) is 10.9 Å². The van der Waals surface area contributed by atoms with E-state index in [9.17, 15) is 4.79 Å². The number of amides is 1. The van der Waals surface area contributed by atoms with E-state index in [0.29, 0.717) is 0 Å². The number of ether oxygens (including phenoxy) is 1. The summed E-state index contributed by atoms with van der Waals surface area (Å²) in [7, 11) is 0. The van der Waals surface area contributed by atoms with E-state index in [4.69, 9.17) is 4.74 Å². The fourth-order valence-corrected chi connectivity index (χ4v) is 2.52. The SMILES string of the molecule is CCNC(=NCCCOCC1CC1)NCCc1ccc(NC(C)=O)cc1.I. The molecule has 0 aliphatic heterocycles. The quantitative estimate of drug-likeness (QED) is 0.194. The van der Waals surface area contributed by atoms with Crippen LogP contribution in [-0.4, -0.2) is 44.7 Å². The van der Waals surface area contributed by atoms with Gasteiger partial charge in [-0.2, -0.15) is 0 Å². The van der Waals surface area contributed by atoms with Gasteiger partial charge in [0, 0.05) is 45.5 Å². The number of carbonyl (C=O) groups excluding carboxylic acids is 1. The number of nitrogens with zero attached hydrogens (tertiary/aromatic N) is 1. The Bertz CT molecular complexity index is 574. The Kier molecular flexibility index (Phi) is 12.1. The van der Waals surface area contributed by atoms with Crippen LogP contribution in [0.3, 0.4) is 0 Å². The monoisotopic (exact) mass is 488 g/mol. The third kappa shape index (κ3) is 11.2. The number of hydrogen-bond donors (Lipinski definition) is 3. The van der Waals surface area contributed by atoms with E-state index in [-0.39, 0.29) is 29.9 Å². The number of benzene rings is 1. The normalized spacial score (nSPS) is 13.6. The maximum Gasteiger partial charge on any atom is 0.221 e. The Balaban J connectivity index is 0.00000364. The summed E-state index contributed by atoms with van der Waals surface area (Å²) in [4.78, 5) is 15.6. The lowest BCUT2D eigenvalue weighted by atomic mass is 10.1. The van der Waals surface area contributed by atoms with Crippen LogP contribution < -0.4 is 16.0 Å². The van der Waals surface area contributed by atoms with Crippen molar-refractivity contribution in [1.29, 1.82) is 0 Å². The van der Waals surface area contributed by atoms with Crippen molar-refractivity contribution < 1.29 is 9.53 Å². The maximum absolute atomic E-state index is 11.0. The van der Waals surface area contributed by atoms with Crippen LogP contribution >= 0.6 is 24.0 Å². The average Bonchev–Trinajstić information content (AvgIpc) is 3.43. The lowest BCUT2D eigenvalue weighted by Gasteiger charge is -2.11. The maximum atomic E-state index is 11.0. The Morgan fingerprint density at radius 1 is 1.22 bits per heavy atom. The summed E-state index contributed by atoms with van der Waals surface area (Å²) in [6, 6.07) is 7.93. The van der Waals surface area contributed by atoms with E-state index in [2.05, 4.69) is 27.9 Å². The molecule has 1 saturated carbocycles. The molecule has 7 heteroatoms. The smallest absolute Gasteiger partial charge is 0.221 e. The molecular formula is C20H33IN4O2. The van der Waals surface area contributed by atoms with E-state index in [0.717, 1.165) is 63.3 Å². The van der Waals surface area contributed by atoms with E-state index in [1.165, 1.54) is 25.3 Å². The van der Waals surface area contributed by atoms with E-state index in [1.807, 2.05) is 24.3 Å². The molecule has 6 nitrogen and oxygen atoms in total. The van der Waals surface area contributed by atoms with Gasteiger partial charge >= 0.3 is 0 Å². The van der Waals surface area contributed by atoms with Crippen molar-refractivity contribution in [3.63, 3.8) is 0 Å². The summed E-state index contributed by atoms with van der Waals surface area (Å²) >= 11 is 0. The van der Waals surface area contributed by atoms with Gasteiger partial charge in [0.25, 0.3) is 0 Å². The third-order valence-corrected chi connectivity index (χ3v) is 4.09. The molecule has 3 N–H and O–H groups in total. The highest BCUT2D eigenvalue weighted by molar-refractivity contribution is 14.0. The zero-order chi connectivity index (χ0) is 18.6. The molecule has 1 fully saturated rings. The topological polar surface area (TPSA) is 74.8 Å². The molecule has 1 aliphatic carbocycles. The Morgan fingerprint density at radius 3 is 2.59 bits per heavy atom. The van der Waals surface area contributed by atoms with Gasteiger partial charge in [0.15, 0.2) is 5.96 Å².